The molecule has 3 aromatic carbocycles. The second kappa shape index (κ2) is 9.55. The number of aryl methyl sites for hydroxylation is 1. The van der Waals surface area contributed by atoms with Crippen molar-refractivity contribution < 1.29 is 9.59 Å². The van der Waals surface area contributed by atoms with Crippen LogP contribution >= 0.6 is 0 Å². The van der Waals surface area contributed by atoms with Gasteiger partial charge in [0.05, 0.1) is 24.7 Å². The first-order valence-electron chi connectivity index (χ1n) is 10.8. The van der Waals surface area contributed by atoms with E-state index in [-0.39, 0.29) is 24.9 Å². The molecular weight excluding hydrogens is 414 g/mol. The van der Waals surface area contributed by atoms with Gasteiger partial charge in [-0.15, -0.1) is 0 Å². The maximum absolute atomic E-state index is 12.6. The highest BCUT2D eigenvalue weighted by Gasteiger charge is 2.13. The number of para-hydroxylation sites is 1. The number of carbonyl (C=O) groups is 2. The molecule has 0 aliphatic heterocycles. The standard InChI is InChI=1S/C26H25N5O2/c1-3-31-23-7-5-4-6-21(23)22-14-20(12-13-24(22)31)29-26(33)17-30(2)16-25(32)28-19-10-8-18(15-27)9-11-19/h4-14H,3,16-17H2,1-2H3,(H,28,32)(H,29,33). The Morgan fingerprint density at radius 3 is 2.15 bits per heavy atom. The molecule has 0 aliphatic rings. The number of nitrogens with zero attached hydrogens (tertiary/aromatic N) is 3. The summed E-state index contributed by atoms with van der Waals surface area (Å²) in [4.78, 5) is 26.5. The number of hydrogen-bond acceptors (Lipinski definition) is 4. The summed E-state index contributed by atoms with van der Waals surface area (Å²) < 4.78 is 2.26. The number of nitriles is 1. The molecule has 0 bridgehead atoms. The first-order valence-corrected chi connectivity index (χ1v) is 10.8. The lowest BCUT2D eigenvalue weighted by Crippen LogP contribution is -2.36. The number of nitrogens with one attached hydrogen (secondary N) is 2. The van der Waals surface area contributed by atoms with E-state index in [1.807, 2.05) is 36.4 Å². The highest BCUT2D eigenvalue weighted by Crippen LogP contribution is 2.30. The highest BCUT2D eigenvalue weighted by molar-refractivity contribution is 6.09. The van der Waals surface area contributed by atoms with Gasteiger partial charge in [-0.2, -0.15) is 5.26 Å². The van der Waals surface area contributed by atoms with Crippen LogP contribution in [0.5, 0.6) is 0 Å². The second-order valence-electron chi connectivity index (χ2n) is 7.95. The fraction of sp³-hybridized carbons (Fsp3) is 0.192. The molecule has 7 heteroatoms. The molecular formula is C26H25N5O2. The Balaban J connectivity index is 1.38. The van der Waals surface area contributed by atoms with E-state index in [9.17, 15) is 9.59 Å². The Kier molecular flexibility index (Phi) is 6.38. The second-order valence-corrected chi connectivity index (χ2v) is 7.95. The molecule has 0 fully saturated rings. The van der Waals surface area contributed by atoms with E-state index in [1.54, 1.807) is 36.2 Å². The van der Waals surface area contributed by atoms with Crippen molar-refractivity contribution in [3.05, 3.63) is 72.3 Å². The summed E-state index contributed by atoms with van der Waals surface area (Å²) in [6, 6.07) is 22.9. The number of anilines is 2. The summed E-state index contributed by atoms with van der Waals surface area (Å²) in [7, 11) is 1.72. The van der Waals surface area contributed by atoms with Crippen molar-refractivity contribution in [1.82, 2.24) is 9.47 Å². The molecule has 0 saturated heterocycles. The van der Waals surface area contributed by atoms with Crippen molar-refractivity contribution >= 4 is 45.0 Å². The third-order valence-corrected chi connectivity index (χ3v) is 5.50. The lowest BCUT2D eigenvalue weighted by Gasteiger charge is -2.16. The summed E-state index contributed by atoms with van der Waals surface area (Å²) >= 11 is 0. The fourth-order valence-corrected chi connectivity index (χ4v) is 4.05. The Hall–Kier alpha value is -4.15. The van der Waals surface area contributed by atoms with E-state index >= 15 is 0 Å². The Bertz CT molecular complexity index is 1370. The number of likely N-dealkylation sites (N-methyl/N-ethyl adjacent to an activating group) is 1. The van der Waals surface area contributed by atoms with Crippen molar-refractivity contribution in [1.29, 1.82) is 5.26 Å². The molecule has 1 heterocycles. The summed E-state index contributed by atoms with van der Waals surface area (Å²) in [6.45, 7) is 3.13. The van der Waals surface area contributed by atoms with E-state index < -0.39 is 0 Å². The van der Waals surface area contributed by atoms with Gasteiger partial charge in [0.15, 0.2) is 0 Å². The SMILES string of the molecule is CCn1c2ccccc2c2cc(NC(=O)CN(C)CC(=O)Nc3ccc(C#N)cc3)ccc21. The number of rotatable bonds is 7. The predicted octanol–water partition coefficient (Wildman–Crippen LogP) is 4.20. The highest BCUT2D eigenvalue weighted by atomic mass is 16.2. The molecule has 2 N–H and O–H groups in total. The number of carbonyl (C=O) groups excluding carboxylic acids is 2. The van der Waals surface area contributed by atoms with Gasteiger partial charge in [-0.3, -0.25) is 14.5 Å². The summed E-state index contributed by atoms with van der Waals surface area (Å²) in [5.41, 5.74) is 4.16. The van der Waals surface area contributed by atoms with Crippen LogP contribution in [0.1, 0.15) is 12.5 Å². The zero-order chi connectivity index (χ0) is 23.4. The van der Waals surface area contributed by atoms with Crippen LogP contribution in [0.15, 0.2) is 66.7 Å². The molecule has 0 radical (unpaired) electrons. The Morgan fingerprint density at radius 2 is 1.48 bits per heavy atom. The molecule has 0 spiro atoms. The molecule has 4 aromatic rings. The first-order chi connectivity index (χ1) is 16.0. The third kappa shape index (κ3) is 4.86. The lowest BCUT2D eigenvalue weighted by atomic mass is 10.1. The average molecular weight is 440 g/mol. The minimum Gasteiger partial charge on any atom is -0.341 e. The zero-order valence-corrected chi connectivity index (χ0v) is 18.6. The van der Waals surface area contributed by atoms with Gasteiger partial charge in [-0.25, -0.2) is 0 Å². The van der Waals surface area contributed by atoms with Crippen molar-refractivity contribution in [3.8, 4) is 6.07 Å². The van der Waals surface area contributed by atoms with Crippen LogP contribution < -0.4 is 10.6 Å². The Morgan fingerprint density at radius 1 is 0.879 bits per heavy atom. The van der Waals surface area contributed by atoms with Crippen LogP contribution in [0.25, 0.3) is 21.8 Å². The molecule has 0 unspecified atom stereocenters. The van der Waals surface area contributed by atoms with E-state index in [2.05, 4.69) is 34.3 Å². The predicted molar refractivity (Wildman–Crippen MR) is 131 cm³/mol. The van der Waals surface area contributed by atoms with E-state index in [1.165, 1.54) is 5.52 Å². The quantitative estimate of drug-likeness (QED) is 0.452. The summed E-state index contributed by atoms with van der Waals surface area (Å²) in [5.74, 6) is -0.425. The minimum absolute atomic E-state index is 0.0659. The van der Waals surface area contributed by atoms with E-state index in [0.717, 1.165) is 28.5 Å². The lowest BCUT2D eigenvalue weighted by molar-refractivity contribution is -0.119. The van der Waals surface area contributed by atoms with Gasteiger partial charge >= 0.3 is 0 Å². The van der Waals surface area contributed by atoms with Gasteiger partial charge in [0.25, 0.3) is 0 Å². The maximum atomic E-state index is 12.6. The molecule has 0 atom stereocenters. The Labute approximate surface area is 192 Å². The molecule has 1 aromatic heterocycles. The van der Waals surface area contributed by atoms with Gasteiger partial charge in [0.2, 0.25) is 11.8 Å². The smallest absolute Gasteiger partial charge is 0.238 e. The van der Waals surface area contributed by atoms with Gasteiger partial charge in [0, 0.05) is 39.7 Å². The normalized spacial score (nSPS) is 11.0. The minimum atomic E-state index is -0.233. The number of benzene rings is 3. The largest absolute Gasteiger partial charge is 0.341 e. The van der Waals surface area contributed by atoms with Crippen molar-refractivity contribution in [2.24, 2.45) is 0 Å². The van der Waals surface area contributed by atoms with Crippen LogP contribution in [0.3, 0.4) is 0 Å². The molecule has 0 aliphatic carbocycles. The van der Waals surface area contributed by atoms with E-state index in [0.29, 0.717) is 11.3 Å². The van der Waals surface area contributed by atoms with Crippen LogP contribution in [0.4, 0.5) is 11.4 Å². The van der Waals surface area contributed by atoms with Crippen LogP contribution in [0, 0.1) is 11.3 Å². The van der Waals surface area contributed by atoms with Crippen LogP contribution in [-0.4, -0.2) is 41.4 Å². The van der Waals surface area contributed by atoms with Crippen LogP contribution in [0.2, 0.25) is 0 Å². The molecule has 166 valence electrons. The van der Waals surface area contributed by atoms with Crippen molar-refractivity contribution in [2.75, 3.05) is 30.8 Å². The number of fused-ring (bicyclic) bond motifs is 3. The number of amides is 2. The molecule has 2 amide bonds. The molecule has 0 saturated carbocycles. The van der Waals surface area contributed by atoms with E-state index in [4.69, 9.17) is 5.26 Å². The van der Waals surface area contributed by atoms with Crippen LogP contribution in [-0.2, 0) is 16.1 Å². The molecule has 4 rings (SSSR count). The first kappa shape index (κ1) is 22.1. The summed E-state index contributed by atoms with van der Waals surface area (Å²) in [6.07, 6.45) is 0. The van der Waals surface area contributed by atoms with Gasteiger partial charge < -0.3 is 15.2 Å². The number of aromatic nitrogens is 1. The van der Waals surface area contributed by atoms with Crippen molar-refractivity contribution in [3.63, 3.8) is 0 Å². The zero-order valence-electron chi connectivity index (χ0n) is 18.6. The third-order valence-electron chi connectivity index (χ3n) is 5.50. The van der Waals surface area contributed by atoms with Gasteiger partial charge in [-0.05, 0) is 62.5 Å². The maximum Gasteiger partial charge on any atom is 0.238 e. The number of hydrogen-bond donors (Lipinski definition) is 2. The molecule has 7 nitrogen and oxygen atoms in total. The fourth-order valence-electron chi connectivity index (χ4n) is 4.05. The van der Waals surface area contributed by atoms with Gasteiger partial charge in [-0.1, -0.05) is 18.2 Å². The topological polar surface area (TPSA) is 90.2 Å². The monoisotopic (exact) mass is 439 g/mol. The van der Waals surface area contributed by atoms with Crippen molar-refractivity contribution in [2.45, 2.75) is 13.5 Å². The van der Waals surface area contributed by atoms with Gasteiger partial charge in [0.1, 0.15) is 0 Å². The summed E-state index contributed by atoms with van der Waals surface area (Å²) in [5, 5.41) is 16.8. The average Bonchev–Trinajstić information content (AvgIpc) is 3.12. The molecule has 33 heavy (non-hydrogen) atoms.